The summed E-state index contributed by atoms with van der Waals surface area (Å²) in [6.45, 7) is 9.01. The molecule has 5 rings (SSSR count). The number of benzene rings is 3. The van der Waals surface area contributed by atoms with Gasteiger partial charge in [0.15, 0.2) is 5.43 Å². The number of rotatable bonds is 11. The van der Waals surface area contributed by atoms with Crippen LogP contribution in [0.25, 0.3) is 11.0 Å². The fourth-order valence-electron chi connectivity index (χ4n) is 5.28. The van der Waals surface area contributed by atoms with Crippen LogP contribution in [0.5, 0.6) is 5.75 Å². The molecule has 0 bridgehead atoms. The first-order chi connectivity index (χ1) is 20.3. The molecule has 3 aromatic carbocycles. The highest BCUT2D eigenvalue weighted by Gasteiger charge is 2.44. The SMILES string of the molecule is CCCCCOc1cccc(C2c3c(oc4cc(C)c(C)cc4c3=O)C(=O)N2c2ccc(C(=O)OCCCC)cc2)c1. The number of nitrogens with zero attached hydrogens (tertiary/aromatic N) is 1. The van der Waals surface area contributed by atoms with Gasteiger partial charge in [0.2, 0.25) is 5.76 Å². The average molecular weight is 568 g/mol. The van der Waals surface area contributed by atoms with Gasteiger partial charge in [-0.2, -0.15) is 0 Å². The molecule has 7 heteroatoms. The number of carbonyl (C=O) groups is 2. The Kier molecular flexibility index (Phi) is 8.76. The summed E-state index contributed by atoms with van der Waals surface area (Å²) in [4.78, 5) is 42.1. The topological polar surface area (TPSA) is 86.0 Å². The number of hydrogen-bond acceptors (Lipinski definition) is 6. The number of fused-ring (bicyclic) bond motifs is 2. The first-order valence-corrected chi connectivity index (χ1v) is 14.8. The second-order valence-corrected chi connectivity index (χ2v) is 10.8. The van der Waals surface area contributed by atoms with Crippen molar-refractivity contribution in [3.05, 3.63) is 104 Å². The molecule has 218 valence electrons. The monoisotopic (exact) mass is 567 g/mol. The van der Waals surface area contributed by atoms with Gasteiger partial charge in [0.1, 0.15) is 11.3 Å². The van der Waals surface area contributed by atoms with Crippen molar-refractivity contribution in [2.24, 2.45) is 0 Å². The number of carbonyl (C=O) groups excluding carboxylic acids is 2. The fourth-order valence-corrected chi connectivity index (χ4v) is 5.28. The van der Waals surface area contributed by atoms with Gasteiger partial charge in [0, 0.05) is 5.69 Å². The average Bonchev–Trinajstić information content (AvgIpc) is 3.29. The van der Waals surface area contributed by atoms with Crippen LogP contribution < -0.4 is 15.1 Å². The Balaban J connectivity index is 1.59. The van der Waals surface area contributed by atoms with Gasteiger partial charge in [-0.05, 0) is 91.9 Å². The predicted octanol–water partition coefficient (Wildman–Crippen LogP) is 7.69. The first-order valence-electron chi connectivity index (χ1n) is 14.8. The largest absolute Gasteiger partial charge is 0.494 e. The fraction of sp³-hybridized carbons (Fsp3) is 0.343. The molecule has 0 N–H and O–H groups in total. The predicted molar refractivity (Wildman–Crippen MR) is 164 cm³/mol. The summed E-state index contributed by atoms with van der Waals surface area (Å²) in [6.07, 6.45) is 4.84. The Labute approximate surface area is 246 Å². The zero-order valence-corrected chi connectivity index (χ0v) is 24.7. The van der Waals surface area contributed by atoms with E-state index in [1.807, 2.05) is 51.1 Å². The summed E-state index contributed by atoms with van der Waals surface area (Å²) in [5.74, 6) is -0.131. The van der Waals surface area contributed by atoms with E-state index in [0.29, 0.717) is 46.7 Å². The van der Waals surface area contributed by atoms with E-state index in [0.717, 1.165) is 48.8 Å². The Bertz CT molecular complexity index is 1670. The summed E-state index contributed by atoms with van der Waals surface area (Å²) in [6, 6.07) is 17.1. The molecule has 0 fully saturated rings. The highest BCUT2D eigenvalue weighted by Crippen LogP contribution is 2.42. The molecule has 1 aliphatic rings. The van der Waals surface area contributed by atoms with Crippen LogP contribution in [0.3, 0.4) is 0 Å². The van der Waals surface area contributed by atoms with Crippen molar-refractivity contribution in [3.63, 3.8) is 0 Å². The van der Waals surface area contributed by atoms with E-state index in [-0.39, 0.29) is 11.2 Å². The molecule has 2 heterocycles. The number of unbranched alkanes of at least 4 members (excludes halogenated alkanes) is 3. The maximum Gasteiger partial charge on any atom is 0.338 e. The van der Waals surface area contributed by atoms with Crippen LogP contribution in [0, 0.1) is 13.8 Å². The lowest BCUT2D eigenvalue weighted by Crippen LogP contribution is -2.29. The van der Waals surface area contributed by atoms with Crippen LogP contribution in [0.4, 0.5) is 5.69 Å². The standard InChI is InChI=1S/C35H37NO6/c1-5-7-9-18-40-27-12-10-11-25(21-27)31-30-32(37)28-19-22(3)23(4)20-29(28)42-33(30)34(38)36(31)26-15-13-24(14-16-26)35(39)41-17-8-6-2/h10-16,19-21,31H,5-9,17-18H2,1-4H3. The lowest BCUT2D eigenvalue weighted by atomic mass is 9.97. The Morgan fingerprint density at radius 3 is 2.36 bits per heavy atom. The quantitative estimate of drug-likeness (QED) is 0.136. The van der Waals surface area contributed by atoms with Gasteiger partial charge < -0.3 is 13.9 Å². The van der Waals surface area contributed by atoms with E-state index in [9.17, 15) is 14.4 Å². The Morgan fingerprint density at radius 1 is 0.881 bits per heavy atom. The molecule has 42 heavy (non-hydrogen) atoms. The molecule has 1 amide bonds. The maximum absolute atomic E-state index is 14.1. The van der Waals surface area contributed by atoms with Crippen LogP contribution >= 0.6 is 0 Å². The summed E-state index contributed by atoms with van der Waals surface area (Å²) < 4.78 is 17.5. The molecule has 7 nitrogen and oxygen atoms in total. The molecule has 0 radical (unpaired) electrons. The molecule has 1 aliphatic heterocycles. The third-order valence-corrected chi connectivity index (χ3v) is 7.79. The van der Waals surface area contributed by atoms with Gasteiger partial charge in [0.05, 0.1) is 35.8 Å². The zero-order chi connectivity index (χ0) is 29.8. The maximum atomic E-state index is 14.1. The number of ether oxygens (including phenoxy) is 2. The highest BCUT2D eigenvalue weighted by molar-refractivity contribution is 6.11. The Hall–Kier alpha value is -4.39. The van der Waals surface area contributed by atoms with E-state index in [1.54, 1.807) is 35.2 Å². The van der Waals surface area contributed by atoms with Crippen molar-refractivity contribution in [2.75, 3.05) is 18.1 Å². The van der Waals surface area contributed by atoms with Crippen molar-refractivity contribution in [2.45, 2.75) is 65.8 Å². The zero-order valence-electron chi connectivity index (χ0n) is 24.7. The van der Waals surface area contributed by atoms with Gasteiger partial charge >= 0.3 is 5.97 Å². The molecule has 0 aliphatic carbocycles. The molecule has 1 aromatic heterocycles. The van der Waals surface area contributed by atoms with Crippen LogP contribution in [0.1, 0.15) is 95.2 Å². The normalized spacial score (nSPS) is 14.3. The molecule has 1 atom stereocenters. The summed E-state index contributed by atoms with van der Waals surface area (Å²) in [5.41, 5.74) is 4.04. The van der Waals surface area contributed by atoms with E-state index >= 15 is 0 Å². The second kappa shape index (κ2) is 12.6. The van der Waals surface area contributed by atoms with Crippen molar-refractivity contribution in [3.8, 4) is 5.75 Å². The number of esters is 1. The molecule has 1 unspecified atom stereocenters. The Morgan fingerprint density at radius 2 is 1.62 bits per heavy atom. The van der Waals surface area contributed by atoms with E-state index in [4.69, 9.17) is 13.9 Å². The van der Waals surface area contributed by atoms with Gasteiger partial charge in [-0.25, -0.2) is 4.79 Å². The third-order valence-electron chi connectivity index (χ3n) is 7.79. The minimum absolute atomic E-state index is 0.0260. The smallest absolute Gasteiger partial charge is 0.338 e. The number of hydrogen-bond donors (Lipinski definition) is 0. The molecular formula is C35H37NO6. The van der Waals surface area contributed by atoms with E-state index < -0.39 is 17.9 Å². The first kappa shape index (κ1) is 29.1. The number of aryl methyl sites for hydroxylation is 2. The van der Waals surface area contributed by atoms with Crippen LogP contribution in [-0.4, -0.2) is 25.1 Å². The molecule has 0 spiro atoms. The van der Waals surface area contributed by atoms with Crippen molar-refractivity contribution in [1.29, 1.82) is 0 Å². The van der Waals surface area contributed by atoms with E-state index in [1.165, 1.54) is 0 Å². The molecule has 4 aromatic rings. The van der Waals surface area contributed by atoms with Crippen molar-refractivity contribution < 1.29 is 23.5 Å². The number of amides is 1. The van der Waals surface area contributed by atoms with Crippen molar-refractivity contribution >= 4 is 28.5 Å². The molecule has 0 saturated carbocycles. The minimum atomic E-state index is -0.740. The van der Waals surface area contributed by atoms with Crippen LogP contribution in [0.2, 0.25) is 0 Å². The lowest BCUT2D eigenvalue weighted by molar-refractivity contribution is 0.0499. The van der Waals surface area contributed by atoms with Crippen LogP contribution in [0.15, 0.2) is 69.9 Å². The van der Waals surface area contributed by atoms with Crippen molar-refractivity contribution in [1.82, 2.24) is 0 Å². The van der Waals surface area contributed by atoms with Crippen LogP contribution in [-0.2, 0) is 4.74 Å². The lowest BCUT2D eigenvalue weighted by Gasteiger charge is -2.25. The summed E-state index contributed by atoms with van der Waals surface area (Å²) in [5, 5.41) is 0.439. The van der Waals surface area contributed by atoms with Gasteiger partial charge in [-0.15, -0.1) is 0 Å². The van der Waals surface area contributed by atoms with Gasteiger partial charge in [-0.3, -0.25) is 14.5 Å². The minimum Gasteiger partial charge on any atom is -0.494 e. The second-order valence-electron chi connectivity index (χ2n) is 10.8. The van der Waals surface area contributed by atoms with E-state index in [2.05, 4.69) is 6.92 Å². The highest BCUT2D eigenvalue weighted by atomic mass is 16.5. The van der Waals surface area contributed by atoms with Gasteiger partial charge in [-0.1, -0.05) is 45.2 Å². The summed E-state index contributed by atoms with van der Waals surface area (Å²) in [7, 11) is 0. The number of anilines is 1. The van der Waals surface area contributed by atoms with Gasteiger partial charge in [0.25, 0.3) is 5.91 Å². The summed E-state index contributed by atoms with van der Waals surface area (Å²) >= 11 is 0. The molecular weight excluding hydrogens is 530 g/mol. The third kappa shape index (κ3) is 5.69. The molecule has 0 saturated heterocycles.